The lowest BCUT2D eigenvalue weighted by atomic mass is 10.6. The molecule has 0 atom stereocenters. The summed E-state index contributed by atoms with van der Waals surface area (Å²) in [6.07, 6.45) is 0. The maximum atomic E-state index is 10.3. The highest BCUT2D eigenvalue weighted by molar-refractivity contribution is 9.10. The van der Waals surface area contributed by atoms with Gasteiger partial charge in [0.1, 0.15) is 6.54 Å². The Morgan fingerprint density at radius 1 is 1.80 bits per heavy atom. The van der Waals surface area contributed by atoms with E-state index in [1.807, 2.05) is 0 Å². The first-order valence-electron chi connectivity index (χ1n) is 2.40. The van der Waals surface area contributed by atoms with E-state index in [0.29, 0.717) is 4.73 Å². The van der Waals surface area contributed by atoms with Crippen LogP contribution in [-0.2, 0) is 11.3 Å². The molecule has 0 aliphatic rings. The molecule has 0 radical (unpaired) electrons. The minimum atomic E-state index is -0.479. The Morgan fingerprint density at radius 3 is 2.90 bits per heavy atom. The van der Waals surface area contributed by atoms with Crippen molar-refractivity contribution in [1.29, 1.82) is 0 Å². The number of tetrazole rings is 1. The Kier molecular flexibility index (Phi) is 1.95. The van der Waals surface area contributed by atoms with Gasteiger partial charge in [-0.3, -0.25) is 4.79 Å². The number of nitrogens with zero attached hydrogens (tertiary/aromatic N) is 4. The molecular weight excluding hydrogens is 202 g/mol. The fourth-order valence-corrected chi connectivity index (χ4v) is 0.705. The van der Waals surface area contributed by atoms with E-state index in [2.05, 4.69) is 31.5 Å². The first-order chi connectivity index (χ1) is 4.70. The summed E-state index contributed by atoms with van der Waals surface area (Å²) < 4.78 is 1.65. The number of nitrogens with two attached hydrogens (primary N) is 1. The topological polar surface area (TPSA) is 86.7 Å². The van der Waals surface area contributed by atoms with E-state index in [9.17, 15) is 4.79 Å². The number of carbonyl (C=O) groups excluding carboxylic acids is 1. The molecule has 1 amide bonds. The molecule has 0 bridgehead atoms. The number of hydrogen-bond acceptors (Lipinski definition) is 4. The minimum absolute atomic E-state index is 0.00637. The number of halogens is 1. The lowest BCUT2D eigenvalue weighted by molar-refractivity contribution is -0.118. The zero-order valence-corrected chi connectivity index (χ0v) is 6.45. The zero-order valence-electron chi connectivity index (χ0n) is 4.86. The lowest BCUT2D eigenvalue weighted by Gasteiger charge is -1.92. The van der Waals surface area contributed by atoms with Gasteiger partial charge in [-0.2, -0.15) is 0 Å². The van der Waals surface area contributed by atoms with Crippen molar-refractivity contribution >= 4 is 21.8 Å². The average molecular weight is 206 g/mol. The second-order valence-electron chi connectivity index (χ2n) is 1.57. The Labute approximate surface area is 64.5 Å². The summed E-state index contributed by atoms with van der Waals surface area (Å²) in [5, 5.41) is 10.2. The maximum absolute atomic E-state index is 10.3. The molecule has 1 heterocycles. The van der Waals surface area contributed by atoms with Gasteiger partial charge in [-0.1, -0.05) is 0 Å². The van der Waals surface area contributed by atoms with Gasteiger partial charge >= 0.3 is 0 Å². The largest absolute Gasteiger partial charge is 0.368 e. The predicted molar refractivity (Wildman–Crippen MR) is 34.7 cm³/mol. The van der Waals surface area contributed by atoms with E-state index >= 15 is 0 Å². The van der Waals surface area contributed by atoms with Crippen molar-refractivity contribution in [3.8, 4) is 0 Å². The van der Waals surface area contributed by atoms with Crippen LogP contribution in [0.5, 0.6) is 0 Å². The molecular formula is C3H4BrN5O. The van der Waals surface area contributed by atoms with Crippen molar-refractivity contribution in [3.63, 3.8) is 0 Å². The summed E-state index contributed by atoms with van der Waals surface area (Å²) in [7, 11) is 0. The van der Waals surface area contributed by atoms with E-state index in [1.54, 1.807) is 0 Å². The monoisotopic (exact) mass is 205 g/mol. The second-order valence-corrected chi connectivity index (χ2v) is 2.28. The van der Waals surface area contributed by atoms with Gasteiger partial charge in [0.15, 0.2) is 0 Å². The van der Waals surface area contributed by atoms with Gasteiger partial charge in [0.05, 0.1) is 0 Å². The SMILES string of the molecule is NC(=O)Cn1nnnc1Br. The van der Waals surface area contributed by atoms with Crippen molar-refractivity contribution in [3.05, 3.63) is 4.73 Å². The minimum Gasteiger partial charge on any atom is -0.368 e. The first-order valence-corrected chi connectivity index (χ1v) is 3.19. The molecule has 1 aromatic heterocycles. The standard InChI is InChI=1S/C3H4BrN5O/c4-3-6-7-8-9(3)1-2(5)10/h1H2,(H2,5,10). The number of aromatic nitrogens is 4. The van der Waals surface area contributed by atoms with Crippen LogP contribution in [0.3, 0.4) is 0 Å². The maximum Gasteiger partial charge on any atom is 0.239 e. The van der Waals surface area contributed by atoms with Crippen LogP contribution >= 0.6 is 15.9 Å². The zero-order chi connectivity index (χ0) is 7.56. The normalized spacial score (nSPS) is 9.70. The van der Waals surface area contributed by atoms with Crippen LogP contribution in [0.15, 0.2) is 4.73 Å². The summed E-state index contributed by atoms with van der Waals surface area (Å²) in [6, 6.07) is 0. The van der Waals surface area contributed by atoms with Gasteiger partial charge in [0.2, 0.25) is 10.6 Å². The van der Waals surface area contributed by atoms with Crippen LogP contribution in [0.25, 0.3) is 0 Å². The summed E-state index contributed by atoms with van der Waals surface area (Å²) in [6.45, 7) is -0.00637. The number of rotatable bonds is 2. The molecule has 0 unspecified atom stereocenters. The molecule has 0 aliphatic carbocycles. The van der Waals surface area contributed by atoms with Gasteiger partial charge in [0, 0.05) is 0 Å². The van der Waals surface area contributed by atoms with E-state index < -0.39 is 5.91 Å². The second kappa shape index (κ2) is 2.74. The summed E-state index contributed by atoms with van der Waals surface area (Å²) in [5.41, 5.74) is 4.88. The summed E-state index contributed by atoms with van der Waals surface area (Å²) in [5.74, 6) is -0.479. The van der Waals surface area contributed by atoms with Crippen molar-refractivity contribution in [1.82, 2.24) is 20.2 Å². The fraction of sp³-hybridized carbons (Fsp3) is 0.333. The van der Waals surface area contributed by atoms with Crippen LogP contribution in [0.1, 0.15) is 0 Å². The van der Waals surface area contributed by atoms with Crippen molar-refractivity contribution in [2.24, 2.45) is 5.73 Å². The number of primary amides is 1. The van der Waals surface area contributed by atoms with Crippen molar-refractivity contribution < 1.29 is 4.79 Å². The average Bonchev–Trinajstić information content (AvgIpc) is 2.15. The smallest absolute Gasteiger partial charge is 0.239 e. The van der Waals surface area contributed by atoms with Crippen LogP contribution in [0.4, 0.5) is 0 Å². The van der Waals surface area contributed by atoms with Gasteiger partial charge in [0.25, 0.3) is 0 Å². The van der Waals surface area contributed by atoms with Crippen molar-refractivity contribution in [2.45, 2.75) is 6.54 Å². The molecule has 10 heavy (non-hydrogen) atoms. The Bertz CT molecular complexity index is 245. The first kappa shape index (κ1) is 7.13. The molecule has 7 heteroatoms. The summed E-state index contributed by atoms with van der Waals surface area (Å²) >= 11 is 3.01. The third-order valence-electron chi connectivity index (χ3n) is 0.794. The molecule has 0 aliphatic heterocycles. The Morgan fingerprint density at radius 2 is 2.50 bits per heavy atom. The predicted octanol–water partition coefficient (Wildman–Crippen LogP) is -1.08. The van der Waals surface area contributed by atoms with E-state index in [1.165, 1.54) is 4.68 Å². The molecule has 0 saturated carbocycles. The fourth-order valence-electron chi connectivity index (χ4n) is 0.438. The Hall–Kier alpha value is -0.980. The van der Waals surface area contributed by atoms with E-state index in [4.69, 9.17) is 5.73 Å². The molecule has 6 nitrogen and oxygen atoms in total. The van der Waals surface area contributed by atoms with E-state index in [-0.39, 0.29) is 6.54 Å². The highest BCUT2D eigenvalue weighted by atomic mass is 79.9. The van der Waals surface area contributed by atoms with E-state index in [0.717, 1.165) is 0 Å². The Balaban J connectivity index is 2.74. The lowest BCUT2D eigenvalue weighted by Crippen LogP contribution is -2.19. The highest BCUT2D eigenvalue weighted by Gasteiger charge is 2.03. The molecule has 1 aromatic rings. The molecule has 1 rings (SSSR count). The number of amides is 1. The molecule has 0 saturated heterocycles. The van der Waals surface area contributed by atoms with Crippen LogP contribution < -0.4 is 5.73 Å². The number of carbonyl (C=O) groups is 1. The molecule has 0 aromatic carbocycles. The van der Waals surface area contributed by atoms with Crippen LogP contribution in [0, 0.1) is 0 Å². The third-order valence-corrected chi connectivity index (χ3v) is 1.36. The van der Waals surface area contributed by atoms with Gasteiger partial charge in [-0.05, 0) is 26.4 Å². The molecule has 2 N–H and O–H groups in total. The quantitative estimate of drug-likeness (QED) is 0.666. The van der Waals surface area contributed by atoms with Crippen molar-refractivity contribution in [2.75, 3.05) is 0 Å². The van der Waals surface area contributed by atoms with Gasteiger partial charge in [-0.25, -0.2) is 4.68 Å². The highest BCUT2D eigenvalue weighted by Crippen LogP contribution is 1.99. The molecule has 0 spiro atoms. The number of hydrogen-bond donors (Lipinski definition) is 1. The van der Waals surface area contributed by atoms with Crippen LogP contribution in [0.2, 0.25) is 0 Å². The van der Waals surface area contributed by atoms with Gasteiger partial charge in [-0.15, -0.1) is 5.10 Å². The summed E-state index contributed by atoms with van der Waals surface area (Å²) in [4.78, 5) is 10.3. The molecule has 0 fully saturated rings. The molecule has 54 valence electrons. The van der Waals surface area contributed by atoms with Gasteiger partial charge < -0.3 is 5.73 Å². The third kappa shape index (κ3) is 1.50. The van der Waals surface area contributed by atoms with Crippen LogP contribution in [-0.4, -0.2) is 26.1 Å².